The molecule has 0 aromatic heterocycles. The molecule has 0 saturated carbocycles. The summed E-state index contributed by atoms with van der Waals surface area (Å²) in [5, 5.41) is 12.9. The zero-order valence-electron chi connectivity index (χ0n) is 24.3. The number of nitrogens with one attached hydrogen (secondary N) is 1. The minimum absolute atomic E-state index is 0.0780. The second-order valence-corrected chi connectivity index (χ2v) is 18.9. The third-order valence-corrected chi connectivity index (χ3v) is 13.1. The Morgan fingerprint density at radius 2 is 1.80 bits per heavy atom. The lowest BCUT2D eigenvalue weighted by Crippen LogP contribution is -2.58. The van der Waals surface area contributed by atoms with Crippen molar-refractivity contribution >= 4 is 46.4 Å². The van der Waals surface area contributed by atoms with Crippen LogP contribution in [0.15, 0.2) is 46.9 Å². The van der Waals surface area contributed by atoms with Crippen LogP contribution in [-0.4, -0.2) is 76.9 Å². The summed E-state index contributed by atoms with van der Waals surface area (Å²) < 4.78 is 40.4. The summed E-state index contributed by atoms with van der Waals surface area (Å²) in [6.45, 7) is 10.6. The van der Waals surface area contributed by atoms with Crippen LogP contribution < -0.4 is 10.1 Å². The quantitative estimate of drug-likeness (QED) is 0.193. The second kappa shape index (κ2) is 13.2. The maximum atomic E-state index is 13.4. The lowest BCUT2D eigenvalue weighted by molar-refractivity contribution is 0.0438. The SMILES string of the molecule is CC(C)(C)[Si](C)(C)OC(CNC(=O)c1ccc(Br)cc1OCCOS(C)(=O)=O)[C@@H]1Cc2ccccc2CN1C(=O)O. The summed E-state index contributed by atoms with van der Waals surface area (Å²) in [7, 11) is -6.00. The average Bonchev–Trinajstić information content (AvgIpc) is 2.87. The van der Waals surface area contributed by atoms with Crippen LogP contribution >= 0.6 is 15.9 Å². The van der Waals surface area contributed by atoms with Crippen LogP contribution in [0.1, 0.15) is 42.3 Å². The summed E-state index contributed by atoms with van der Waals surface area (Å²) in [6.07, 6.45) is -0.235. The Labute approximate surface area is 251 Å². The highest BCUT2D eigenvalue weighted by molar-refractivity contribution is 9.10. The Bertz CT molecular complexity index is 1360. The van der Waals surface area contributed by atoms with Crippen LogP contribution in [0.2, 0.25) is 18.1 Å². The van der Waals surface area contributed by atoms with Gasteiger partial charge in [-0.15, -0.1) is 0 Å². The Kier molecular flexibility index (Phi) is 10.7. The summed E-state index contributed by atoms with van der Waals surface area (Å²) >= 11 is 3.37. The van der Waals surface area contributed by atoms with Gasteiger partial charge in [-0.05, 0) is 53.9 Å². The van der Waals surface area contributed by atoms with Gasteiger partial charge < -0.3 is 19.6 Å². The number of carbonyl (C=O) groups excluding carboxylic acids is 1. The number of carbonyl (C=O) groups is 2. The van der Waals surface area contributed by atoms with Gasteiger partial charge in [-0.2, -0.15) is 8.42 Å². The molecule has 0 saturated heterocycles. The number of fused-ring (bicyclic) bond motifs is 1. The van der Waals surface area contributed by atoms with Gasteiger partial charge in [0.15, 0.2) is 8.32 Å². The highest BCUT2D eigenvalue weighted by Gasteiger charge is 2.44. The van der Waals surface area contributed by atoms with Gasteiger partial charge in [0.1, 0.15) is 19.0 Å². The van der Waals surface area contributed by atoms with E-state index in [2.05, 4.69) is 55.1 Å². The minimum atomic E-state index is -3.62. The molecule has 1 unspecified atom stereocenters. The average molecular weight is 672 g/mol. The molecule has 0 bridgehead atoms. The normalized spacial score (nSPS) is 16.6. The van der Waals surface area contributed by atoms with Crippen LogP contribution in [0.5, 0.6) is 5.75 Å². The van der Waals surface area contributed by atoms with E-state index < -0.39 is 42.6 Å². The summed E-state index contributed by atoms with van der Waals surface area (Å²) in [4.78, 5) is 27.2. The molecule has 0 fully saturated rings. The number of hydrogen-bond acceptors (Lipinski definition) is 7. The number of ether oxygens (including phenoxy) is 1. The molecule has 2 amide bonds. The first-order chi connectivity index (χ1) is 19.0. The molecular formula is C28H39BrN2O8SSi. The maximum absolute atomic E-state index is 13.4. The Morgan fingerprint density at radius 3 is 2.41 bits per heavy atom. The standard InChI is InChI=1S/C28H39BrN2O8SSi/c1-28(2,3)41(5,6)39-25(23-15-19-9-7-8-10-20(19)18-31(23)27(33)34)17-30-26(32)22-12-11-21(29)16-24(22)37-13-14-38-40(4,35)36/h7-12,16,23,25H,13-15,17-18H2,1-6H3,(H,30,32)(H,33,34)/t23-,25?/m0/s1. The number of rotatable bonds is 11. The predicted molar refractivity (Wildman–Crippen MR) is 162 cm³/mol. The lowest BCUT2D eigenvalue weighted by Gasteiger charge is -2.45. The monoisotopic (exact) mass is 670 g/mol. The van der Waals surface area contributed by atoms with Gasteiger partial charge in [-0.1, -0.05) is 61.0 Å². The summed E-state index contributed by atoms with van der Waals surface area (Å²) in [5.41, 5.74) is 2.26. The number of carboxylic acid groups (broad SMARTS) is 1. The number of benzene rings is 2. The minimum Gasteiger partial charge on any atom is -0.490 e. The number of halogens is 1. The lowest BCUT2D eigenvalue weighted by atomic mass is 9.91. The van der Waals surface area contributed by atoms with Crippen molar-refractivity contribution < 1.29 is 36.5 Å². The summed E-state index contributed by atoms with van der Waals surface area (Å²) in [5.74, 6) is -0.187. The highest BCUT2D eigenvalue weighted by Crippen LogP contribution is 2.39. The van der Waals surface area contributed by atoms with E-state index in [-0.39, 0.29) is 42.7 Å². The van der Waals surface area contributed by atoms with E-state index in [9.17, 15) is 23.1 Å². The molecule has 1 heterocycles. The molecule has 13 heteroatoms. The Hall–Kier alpha value is -2.45. The predicted octanol–water partition coefficient (Wildman–Crippen LogP) is 5.03. The fourth-order valence-corrected chi connectivity index (χ4v) is 6.39. The molecule has 2 aromatic rings. The van der Waals surface area contributed by atoms with Crippen molar-refractivity contribution in [2.75, 3.05) is 26.0 Å². The molecule has 226 valence electrons. The van der Waals surface area contributed by atoms with Gasteiger partial charge in [0.05, 0.1) is 24.0 Å². The molecule has 3 rings (SSSR count). The molecule has 0 spiro atoms. The van der Waals surface area contributed by atoms with E-state index >= 15 is 0 Å². The third-order valence-electron chi connectivity index (χ3n) is 7.51. The molecule has 2 atom stereocenters. The van der Waals surface area contributed by atoms with Crippen molar-refractivity contribution in [1.29, 1.82) is 0 Å². The Morgan fingerprint density at radius 1 is 1.15 bits per heavy atom. The van der Waals surface area contributed by atoms with Gasteiger partial charge in [-0.25, -0.2) is 4.79 Å². The zero-order chi connectivity index (χ0) is 30.6. The van der Waals surface area contributed by atoms with E-state index in [4.69, 9.17) is 13.3 Å². The van der Waals surface area contributed by atoms with Crippen LogP contribution in [-0.2, 0) is 31.7 Å². The van der Waals surface area contributed by atoms with E-state index in [1.54, 1.807) is 18.2 Å². The molecular weight excluding hydrogens is 632 g/mol. The number of nitrogens with zero attached hydrogens (tertiary/aromatic N) is 1. The van der Waals surface area contributed by atoms with Crippen molar-refractivity contribution in [1.82, 2.24) is 10.2 Å². The second-order valence-electron chi connectivity index (χ2n) is 11.6. The molecule has 2 N–H and O–H groups in total. The smallest absolute Gasteiger partial charge is 0.407 e. The first kappa shape index (κ1) is 33.1. The van der Waals surface area contributed by atoms with Crippen molar-refractivity contribution in [2.24, 2.45) is 0 Å². The number of amides is 2. The van der Waals surface area contributed by atoms with Gasteiger partial charge in [0.25, 0.3) is 16.0 Å². The molecule has 1 aliphatic heterocycles. The van der Waals surface area contributed by atoms with Gasteiger partial charge in [0, 0.05) is 17.6 Å². The van der Waals surface area contributed by atoms with Crippen LogP contribution in [0, 0.1) is 0 Å². The fourth-order valence-electron chi connectivity index (χ4n) is 4.33. The first-order valence-corrected chi connectivity index (χ1v) is 18.8. The largest absolute Gasteiger partial charge is 0.490 e. The van der Waals surface area contributed by atoms with E-state index in [1.807, 2.05) is 24.3 Å². The highest BCUT2D eigenvalue weighted by atomic mass is 79.9. The third kappa shape index (κ3) is 9.01. The zero-order valence-corrected chi connectivity index (χ0v) is 27.7. The maximum Gasteiger partial charge on any atom is 0.407 e. The van der Waals surface area contributed by atoms with E-state index in [0.29, 0.717) is 10.9 Å². The first-order valence-electron chi connectivity index (χ1n) is 13.3. The van der Waals surface area contributed by atoms with Gasteiger partial charge >= 0.3 is 6.09 Å². The molecule has 41 heavy (non-hydrogen) atoms. The number of hydrogen-bond donors (Lipinski definition) is 2. The van der Waals surface area contributed by atoms with Crippen molar-refractivity contribution in [3.05, 3.63) is 63.6 Å². The topological polar surface area (TPSA) is 131 Å². The van der Waals surface area contributed by atoms with Gasteiger partial charge in [0.2, 0.25) is 0 Å². The van der Waals surface area contributed by atoms with Crippen molar-refractivity contribution in [2.45, 2.75) is 64.0 Å². The van der Waals surface area contributed by atoms with Crippen LogP contribution in [0.3, 0.4) is 0 Å². The van der Waals surface area contributed by atoms with Crippen molar-refractivity contribution in [3.63, 3.8) is 0 Å². The van der Waals surface area contributed by atoms with E-state index in [0.717, 1.165) is 17.4 Å². The Balaban J connectivity index is 1.86. The fraction of sp³-hybridized carbons (Fsp3) is 0.500. The van der Waals surface area contributed by atoms with E-state index in [1.165, 1.54) is 4.90 Å². The molecule has 10 nitrogen and oxygen atoms in total. The van der Waals surface area contributed by atoms with Crippen LogP contribution in [0.4, 0.5) is 4.79 Å². The van der Waals surface area contributed by atoms with Gasteiger partial charge in [-0.3, -0.25) is 13.9 Å². The molecule has 2 aromatic carbocycles. The summed E-state index contributed by atoms with van der Waals surface area (Å²) in [6, 6.07) is 12.2. The van der Waals surface area contributed by atoms with Crippen molar-refractivity contribution in [3.8, 4) is 5.75 Å². The van der Waals surface area contributed by atoms with Crippen LogP contribution in [0.25, 0.3) is 0 Å². The molecule has 1 aliphatic rings. The molecule has 0 aliphatic carbocycles. The molecule has 0 radical (unpaired) electrons.